The van der Waals surface area contributed by atoms with Crippen LogP contribution < -0.4 is 10.9 Å². The highest BCUT2D eigenvalue weighted by atomic mass is 32.2. The number of benzene rings is 1. The van der Waals surface area contributed by atoms with Crippen LogP contribution in [0.3, 0.4) is 0 Å². The molecule has 0 saturated carbocycles. The van der Waals surface area contributed by atoms with Gasteiger partial charge in [0.15, 0.2) is 0 Å². The van der Waals surface area contributed by atoms with Crippen LogP contribution in [0.15, 0.2) is 41.6 Å². The standard InChI is InChI=1S/C34H41F3N8O3S/c1-22-26-6-5-7-29(30(26)35)34(36,37)24-8-14-43(15-9-24)19-25-20-44(42-41-25)12-3-2-4-13-45-32-28(31(40-22)38-21-39-32)18-27(33(45)46)23-10-16-49(47,48)17-11-23/h5-7,18,20-24H,2-4,8-17,19H2,1H3,(H,38,39,40)/t22-/m1/s1. The summed E-state index contributed by atoms with van der Waals surface area (Å²) in [6.45, 7) is 4.12. The van der Waals surface area contributed by atoms with Crippen LogP contribution in [-0.2, 0) is 35.4 Å². The van der Waals surface area contributed by atoms with E-state index in [0.29, 0.717) is 74.4 Å². The zero-order valence-corrected chi connectivity index (χ0v) is 28.3. The van der Waals surface area contributed by atoms with Gasteiger partial charge in [-0.1, -0.05) is 23.4 Å². The van der Waals surface area contributed by atoms with E-state index < -0.39 is 39.1 Å². The van der Waals surface area contributed by atoms with Gasteiger partial charge in [-0.15, -0.1) is 5.10 Å². The minimum absolute atomic E-state index is 0.00567. The van der Waals surface area contributed by atoms with Gasteiger partial charge in [-0.25, -0.2) is 31.6 Å². The number of pyridine rings is 1. The van der Waals surface area contributed by atoms with Crippen molar-refractivity contribution >= 4 is 26.7 Å². The Morgan fingerprint density at radius 3 is 2.49 bits per heavy atom. The van der Waals surface area contributed by atoms with E-state index >= 15 is 13.2 Å². The van der Waals surface area contributed by atoms with Gasteiger partial charge in [-0.2, -0.15) is 0 Å². The summed E-state index contributed by atoms with van der Waals surface area (Å²) in [5.41, 5.74) is 0.902. The Hall–Kier alpha value is -3.85. The second-order valence-electron chi connectivity index (χ2n) is 13.7. The number of nitrogens with one attached hydrogen (secondary N) is 1. The molecule has 0 unspecified atom stereocenters. The summed E-state index contributed by atoms with van der Waals surface area (Å²) < 4.78 is 76.0. The molecule has 262 valence electrons. The normalized spacial score (nSPS) is 24.9. The number of anilines is 1. The van der Waals surface area contributed by atoms with Crippen LogP contribution in [0, 0.1) is 11.7 Å². The third kappa shape index (κ3) is 6.83. The van der Waals surface area contributed by atoms with Crippen LogP contribution in [-0.4, -0.2) is 67.4 Å². The Morgan fingerprint density at radius 2 is 1.71 bits per heavy atom. The van der Waals surface area contributed by atoms with Crippen molar-refractivity contribution in [3.05, 3.63) is 75.3 Å². The minimum atomic E-state index is -3.37. The summed E-state index contributed by atoms with van der Waals surface area (Å²) in [7, 11) is -3.16. The molecule has 2 saturated heterocycles. The van der Waals surface area contributed by atoms with Crippen molar-refractivity contribution in [1.29, 1.82) is 0 Å². The Morgan fingerprint density at radius 1 is 0.959 bits per heavy atom. The largest absolute Gasteiger partial charge is 0.363 e. The average molecular weight is 699 g/mol. The van der Waals surface area contributed by atoms with Gasteiger partial charge in [0.1, 0.15) is 33.4 Å². The number of piperidine rings is 1. The van der Waals surface area contributed by atoms with Crippen LogP contribution >= 0.6 is 0 Å². The molecule has 0 radical (unpaired) electrons. The first-order valence-corrected chi connectivity index (χ1v) is 19.0. The number of sulfone groups is 1. The fourth-order valence-corrected chi connectivity index (χ4v) is 9.08. The maximum atomic E-state index is 16.1. The Kier molecular flexibility index (Phi) is 9.24. The van der Waals surface area contributed by atoms with Crippen molar-refractivity contribution < 1.29 is 21.6 Å². The predicted molar refractivity (Wildman–Crippen MR) is 179 cm³/mol. The Labute approximate surface area is 282 Å². The molecular formula is C34H41F3N8O3S. The molecule has 0 spiro atoms. The molecule has 4 aromatic rings. The Balaban J connectivity index is 1.28. The molecule has 0 amide bonds. The van der Waals surface area contributed by atoms with Gasteiger partial charge >= 0.3 is 0 Å². The lowest BCUT2D eigenvalue weighted by atomic mass is 9.85. The van der Waals surface area contributed by atoms with Gasteiger partial charge in [0.2, 0.25) is 0 Å². The van der Waals surface area contributed by atoms with Crippen molar-refractivity contribution in [3.63, 3.8) is 0 Å². The van der Waals surface area contributed by atoms with Gasteiger partial charge in [0, 0.05) is 42.9 Å². The summed E-state index contributed by atoms with van der Waals surface area (Å²) in [5, 5.41) is 12.3. The number of nitrogens with zero attached hydrogens (tertiary/aromatic N) is 7. The molecular weight excluding hydrogens is 657 g/mol. The van der Waals surface area contributed by atoms with Crippen molar-refractivity contribution in [2.45, 2.75) is 89.4 Å². The van der Waals surface area contributed by atoms with E-state index in [1.807, 2.05) is 6.20 Å². The van der Waals surface area contributed by atoms with Gasteiger partial charge < -0.3 is 5.32 Å². The third-order valence-corrected chi connectivity index (χ3v) is 12.2. The molecule has 4 aliphatic heterocycles. The number of aryl methyl sites for hydroxylation is 2. The molecule has 1 aromatic carbocycles. The number of fused-ring (bicyclic) bond motifs is 7. The fraction of sp³-hybridized carbons (Fsp3) is 0.559. The van der Waals surface area contributed by atoms with E-state index in [0.717, 1.165) is 18.5 Å². The van der Waals surface area contributed by atoms with Crippen LogP contribution in [0.25, 0.3) is 11.0 Å². The molecule has 11 nitrogen and oxygen atoms in total. The van der Waals surface area contributed by atoms with Crippen LogP contribution in [0.5, 0.6) is 0 Å². The lowest BCUT2D eigenvalue weighted by Gasteiger charge is -2.36. The minimum Gasteiger partial charge on any atom is -0.363 e. The molecule has 7 heterocycles. The highest BCUT2D eigenvalue weighted by molar-refractivity contribution is 7.91. The molecule has 4 aliphatic rings. The van der Waals surface area contributed by atoms with E-state index in [4.69, 9.17) is 0 Å². The first-order chi connectivity index (χ1) is 23.5. The quantitative estimate of drug-likeness (QED) is 0.286. The van der Waals surface area contributed by atoms with Gasteiger partial charge in [-0.3, -0.25) is 18.9 Å². The lowest BCUT2D eigenvalue weighted by molar-refractivity contribution is -0.0886. The van der Waals surface area contributed by atoms with Crippen molar-refractivity contribution in [2.75, 3.05) is 29.9 Å². The maximum Gasteiger partial charge on any atom is 0.278 e. The lowest BCUT2D eigenvalue weighted by Crippen LogP contribution is -2.39. The van der Waals surface area contributed by atoms with Gasteiger partial charge in [0.25, 0.3) is 11.5 Å². The van der Waals surface area contributed by atoms with Crippen LogP contribution in [0.4, 0.5) is 19.0 Å². The van der Waals surface area contributed by atoms with Crippen LogP contribution in [0.2, 0.25) is 0 Å². The van der Waals surface area contributed by atoms with E-state index in [1.165, 1.54) is 24.5 Å². The first kappa shape index (κ1) is 33.6. The molecule has 3 aromatic heterocycles. The van der Waals surface area contributed by atoms with E-state index in [9.17, 15) is 13.2 Å². The molecule has 10 bridgehead atoms. The van der Waals surface area contributed by atoms with E-state index in [1.54, 1.807) is 22.2 Å². The van der Waals surface area contributed by atoms with Crippen molar-refractivity contribution in [2.24, 2.45) is 5.92 Å². The van der Waals surface area contributed by atoms with E-state index in [2.05, 4.69) is 30.5 Å². The third-order valence-electron chi connectivity index (χ3n) is 10.5. The first-order valence-electron chi connectivity index (χ1n) is 17.1. The molecule has 49 heavy (non-hydrogen) atoms. The second kappa shape index (κ2) is 13.5. The van der Waals surface area contributed by atoms with Crippen molar-refractivity contribution in [1.82, 2.24) is 34.4 Å². The Bertz CT molecular complexity index is 2000. The molecule has 1 N–H and O–H groups in total. The maximum absolute atomic E-state index is 16.1. The summed E-state index contributed by atoms with van der Waals surface area (Å²) >= 11 is 0. The number of rotatable bonds is 1. The molecule has 1 atom stereocenters. The molecule has 0 aliphatic carbocycles. The predicted octanol–water partition coefficient (Wildman–Crippen LogP) is 5.18. The number of aromatic nitrogens is 6. The summed E-state index contributed by atoms with van der Waals surface area (Å²) in [6.07, 6.45) is 6.63. The highest BCUT2D eigenvalue weighted by Gasteiger charge is 2.45. The SMILES string of the molecule is C[C@H]1Nc2ncnc3c2cc(C2CCS(=O)(=O)CC2)c(=O)n3CCCCCn2cc(nn2)CN2CCC(CC2)C(F)(F)c2cccc1c2F. The summed E-state index contributed by atoms with van der Waals surface area (Å²) in [6, 6.07) is 5.10. The number of hydrogen-bond acceptors (Lipinski definition) is 9. The average Bonchev–Trinajstić information content (AvgIpc) is 3.52. The number of halogens is 3. The number of hydrogen-bond donors (Lipinski definition) is 1. The number of alkyl halides is 2. The van der Waals surface area contributed by atoms with E-state index in [-0.39, 0.29) is 41.4 Å². The summed E-state index contributed by atoms with van der Waals surface area (Å²) in [5.74, 6) is -5.25. The zero-order valence-electron chi connectivity index (χ0n) is 27.5. The highest BCUT2D eigenvalue weighted by Crippen LogP contribution is 2.44. The molecule has 8 rings (SSSR count). The second-order valence-corrected chi connectivity index (χ2v) is 16.0. The fourth-order valence-electron chi connectivity index (χ4n) is 7.59. The van der Waals surface area contributed by atoms with Gasteiger partial charge in [0.05, 0.1) is 34.2 Å². The smallest absolute Gasteiger partial charge is 0.278 e. The van der Waals surface area contributed by atoms with Crippen LogP contribution in [0.1, 0.15) is 86.2 Å². The zero-order chi connectivity index (χ0) is 34.3. The topological polar surface area (TPSA) is 128 Å². The molecule has 2 fully saturated rings. The monoisotopic (exact) mass is 698 g/mol. The summed E-state index contributed by atoms with van der Waals surface area (Å²) in [4.78, 5) is 25.0. The molecule has 15 heteroatoms. The van der Waals surface area contributed by atoms with Gasteiger partial charge in [-0.05, 0) is 76.9 Å². The van der Waals surface area contributed by atoms with Crippen molar-refractivity contribution in [3.8, 4) is 0 Å².